The zero-order chi connectivity index (χ0) is 25.0. The van der Waals surface area contributed by atoms with Gasteiger partial charge in [0.05, 0.1) is 30.1 Å². The lowest BCUT2D eigenvalue weighted by molar-refractivity contribution is -0.141. The van der Waals surface area contributed by atoms with Crippen LogP contribution in [0.5, 0.6) is 0 Å². The fourth-order valence-corrected chi connectivity index (χ4v) is 3.52. The first kappa shape index (κ1) is 24.5. The van der Waals surface area contributed by atoms with E-state index < -0.39 is 11.9 Å². The van der Waals surface area contributed by atoms with E-state index in [4.69, 9.17) is 9.72 Å². The summed E-state index contributed by atoms with van der Waals surface area (Å²) < 4.78 is 44.0. The second kappa shape index (κ2) is 10.3. The van der Waals surface area contributed by atoms with Gasteiger partial charge in [0.15, 0.2) is 0 Å². The highest BCUT2D eigenvalue weighted by Crippen LogP contribution is 2.32. The summed E-state index contributed by atoms with van der Waals surface area (Å²) in [6.07, 6.45) is -1.52. The van der Waals surface area contributed by atoms with Crippen molar-refractivity contribution in [3.63, 3.8) is 0 Å². The first-order valence-corrected chi connectivity index (χ1v) is 11.1. The molecule has 1 aliphatic heterocycles. The average molecular weight is 483 g/mol. The number of nitrogens with zero attached hydrogens (tertiary/aromatic N) is 6. The Bertz CT molecular complexity index is 1290. The quantitative estimate of drug-likeness (QED) is 0.400. The van der Waals surface area contributed by atoms with Gasteiger partial charge in [-0.15, -0.1) is 0 Å². The Balaban J connectivity index is 0.000000356. The molecular weight excluding hydrogens is 457 g/mol. The van der Waals surface area contributed by atoms with E-state index in [-0.39, 0.29) is 0 Å². The number of aromatic nitrogens is 5. The first-order chi connectivity index (χ1) is 16.7. The van der Waals surface area contributed by atoms with Crippen LogP contribution in [0.4, 0.5) is 19.0 Å². The molecule has 10 heteroatoms. The normalized spacial score (nSPS) is 13.9. The molecule has 0 saturated carbocycles. The summed E-state index contributed by atoms with van der Waals surface area (Å²) >= 11 is 0. The Labute approximate surface area is 201 Å². The molecule has 0 aromatic carbocycles. The minimum atomic E-state index is -4.49. The average Bonchev–Trinajstić information content (AvgIpc) is 2.85. The standard InChI is InChI=1S/C19H18F3N5O.C6H7N/c1-11-12(2)25-18-14(24-11)9-16(27-5-7-28-8-6-27)26-17(18)13-3-4-15(23-10-13)19(20,21)22;1-6-4-2-3-5-7-6/h3-4,9-10H,5-8H2,1-2H3;2-5H,1H3. The van der Waals surface area contributed by atoms with Gasteiger partial charge < -0.3 is 9.64 Å². The third-order valence-corrected chi connectivity index (χ3v) is 5.53. The summed E-state index contributed by atoms with van der Waals surface area (Å²) in [7, 11) is 0. The van der Waals surface area contributed by atoms with Gasteiger partial charge in [-0.3, -0.25) is 9.97 Å². The molecule has 35 heavy (non-hydrogen) atoms. The van der Waals surface area contributed by atoms with E-state index in [9.17, 15) is 13.2 Å². The highest BCUT2D eigenvalue weighted by atomic mass is 19.4. The van der Waals surface area contributed by atoms with Crippen molar-refractivity contribution in [3.8, 4) is 11.3 Å². The van der Waals surface area contributed by atoms with Gasteiger partial charge >= 0.3 is 6.18 Å². The molecule has 5 heterocycles. The van der Waals surface area contributed by atoms with E-state index in [0.29, 0.717) is 54.4 Å². The maximum atomic E-state index is 12.9. The summed E-state index contributed by atoms with van der Waals surface area (Å²) in [6.45, 7) is 8.23. The third-order valence-electron chi connectivity index (χ3n) is 5.53. The molecule has 4 aromatic rings. The Morgan fingerprint density at radius 2 is 1.63 bits per heavy atom. The molecule has 0 aliphatic carbocycles. The molecule has 0 spiro atoms. The number of halogens is 3. The second-order valence-corrected chi connectivity index (χ2v) is 8.09. The van der Waals surface area contributed by atoms with Gasteiger partial charge in [0.2, 0.25) is 0 Å². The fourth-order valence-electron chi connectivity index (χ4n) is 3.52. The molecule has 0 N–H and O–H groups in total. The van der Waals surface area contributed by atoms with Crippen LogP contribution >= 0.6 is 0 Å². The van der Waals surface area contributed by atoms with Crippen molar-refractivity contribution in [2.45, 2.75) is 26.9 Å². The highest BCUT2D eigenvalue weighted by Gasteiger charge is 2.32. The SMILES string of the molecule is Cc1ccccn1.Cc1nc2cc(N3CCOCC3)nc(-c3ccc(C(F)(F)F)nc3)c2nc1C. The predicted molar refractivity (Wildman–Crippen MR) is 127 cm³/mol. The van der Waals surface area contributed by atoms with Crippen LogP contribution in [0.3, 0.4) is 0 Å². The largest absolute Gasteiger partial charge is 0.433 e. The number of fused-ring (bicyclic) bond motifs is 1. The zero-order valence-corrected chi connectivity index (χ0v) is 19.7. The number of morpholine rings is 1. The van der Waals surface area contributed by atoms with Gasteiger partial charge in [0, 0.05) is 42.8 Å². The van der Waals surface area contributed by atoms with Crippen LogP contribution in [0.1, 0.15) is 22.8 Å². The number of rotatable bonds is 2. The van der Waals surface area contributed by atoms with Crippen LogP contribution in [-0.2, 0) is 10.9 Å². The van der Waals surface area contributed by atoms with Crippen molar-refractivity contribution in [2.24, 2.45) is 0 Å². The number of anilines is 1. The van der Waals surface area contributed by atoms with Gasteiger partial charge in [-0.25, -0.2) is 15.0 Å². The number of ether oxygens (including phenoxy) is 1. The molecule has 0 radical (unpaired) electrons. The molecular formula is C25H25F3N6O. The van der Waals surface area contributed by atoms with E-state index in [1.165, 1.54) is 12.3 Å². The van der Waals surface area contributed by atoms with Crippen molar-refractivity contribution in [1.29, 1.82) is 0 Å². The lowest BCUT2D eigenvalue weighted by atomic mass is 10.1. The summed E-state index contributed by atoms with van der Waals surface area (Å²) in [4.78, 5) is 23.5. The van der Waals surface area contributed by atoms with E-state index >= 15 is 0 Å². The molecule has 0 unspecified atom stereocenters. The highest BCUT2D eigenvalue weighted by molar-refractivity contribution is 5.91. The van der Waals surface area contributed by atoms with E-state index in [2.05, 4.69) is 24.8 Å². The number of hydrogen-bond donors (Lipinski definition) is 0. The number of hydrogen-bond acceptors (Lipinski definition) is 7. The van der Waals surface area contributed by atoms with Crippen LogP contribution in [0.25, 0.3) is 22.3 Å². The molecule has 0 amide bonds. The van der Waals surface area contributed by atoms with Crippen molar-refractivity contribution < 1.29 is 17.9 Å². The zero-order valence-electron chi connectivity index (χ0n) is 19.7. The lowest BCUT2D eigenvalue weighted by Gasteiger charge is -2.28. The van der Waals surface area contributed by atoms with E-state index in [1.807, 2.05) is 45.0 Å². The first-order valence-electron chi connectivity index (χ1n) is 11.1. The minimum absolute atomic E-state index is 0.464. The molecule has 7 nitrogen and oxygen atoms in total. The summed E-state index contributed by atoms with van der Waals surface area (Å²) in [6, 6.07) is 10.0. The Kier molecular flexibility index (Phi) is 7.20. The summed E-state index contributed by atoms with van der Waals surface area (Å²) in [5.41, 5.74) is 3.79. The molecule has 1 saturated heterocycles. The topological polar surface area (TPSA) is 76.9 Å². The molecule has 0 atom stereocenters. The maximum Gasteiger partial charge on any atom is 0.433 e. The molecule has 1 fully saturated rings. The van der Waals surface area contributed by atoms with E-state index in [0.717, 1.165) is 23.1 Å². The van der Waals surface area contributed by atoms with Crippen LogP contribution in [0.15, 0.2) is 48.8 Å². The van der Waals surface area contributed by atoms with Gasteiger partial charge in [0.25, 0.3) is 0 Å². The number of alkyl halides is 3. The maximum absolute atomic E-state index is 12.9. The van der Waals surface area contributed by atoms with Crippen LogP contribution in [0, 0.1) is 20.8 Å². The van der Waals surface area contributed by atoms with Crippen LogP contribution in [0.2, 0.25) is 0 Å². The second-order valence-electron chi connectivity index (χ2n) is 8.09. The molecule has 1 aliphatic rings. The van der Waals surface area contributed by atoms with Gasteiger partial charge in [-0.1, -0.05) is 6.07 Å². The number of aryl methyl sites for hydroxylation is 3. The summed E-state index contributed by atoms with van der Waals surface area (Å²) in [5, 5.41) is 0. The van der Waals surface area contributed by atoms with Crippen molar-refractivity contribution >= 4 is 16.9 Å². The monoisotopic (exact) mass is 482 g/mol. The predicted octanol–water partition coefficient (Wildman–Crippen LogP) is 4.95. The third kappa shape index (κ3) is 5.89. The molecule has 4 aromatic heterocycles. The van der Waals surface area contributed by atoms with Crippen molar-refractivity contribution in [2.75, 3.05) is 31.2 Å². The summed E-state index contributed by atoms with van der Waals surface area (Å²) in [5.74, 6) is 0.697. The molecule has 5 rings (SSSR count). The number of pyridine rings is 3. The fraction of sp³-hybridized carbons (Fsp3) is 0.320. The van der Waals surface area contributed by atoms with Crippen molar-refractivity contribution in [3.05, 3.63) is 71.6 Å². The van der Waals surface area contributed by atoms with Crippen molar-refractivity contribution in [1.82, 2.24) is 24.9 Å². The smallest absolute Gasteiger partial charge is 0.378 e. The van der Waals surface area contributed by atoms with Crippen LogP contribution in [-0.4, -0.2) is 51.2 Å². The molecule has 182 valence electrons. The van der Waals surface area contributed by atoms with Crippen LogP contribution < -0.4 is 4.90 Å². The van der Waals surface area contributed by atoms with Gasteiger partial charge in [-0.2, -0.15) is 13.2 Å². The van der Waals surface area contributed by atoms with Gasteiger partial charge in [-0.05, 0) is 45.0 Å². The molecule has 0 bridgehead atoms. The Morgan fingerprint density at radius 1 is 0.886 bits per heavy atom. The Morgan fingerprint density at radius 3 is 2.20 bits per heavy atom. The Hall–Kier alpha value is -3.66. The van der Waals surface area contributed by atoms with E-state index in [1.54, 1.807) is 6.20 Å². The lowest BCUT2D eigenvalue weighted by Crippen LogP contribution is -2.36. The minimum Gasteiger partial charge on any atom is -0.378 e. The van der Waals surface area contributed by atoms with Gasteiger partial charge in [0.1, 0.15) is 22.7 Å².